The van der Waals surface area contributed by atoms with E-state index in [-0.39, 0.29) is 5.54 Å². The molecule has 2 aromatic rings. The second-order valence-corrected chi connectivity index (χ2v) is 5.76. The Labute approximate surface area is 113 Å². The monoisotopic (exact) mass is 263 g/mol. The summed E-state index contributed by atoms with van der Waals surface area (Å²) in [5.41, 5.74) is 1.90. The number of hydrogen-bond donors (Lipinski definition) is 1. The molecule has 104 valence electrons. The fraction of sp³-hybridized carbons (Fsp3) is 0.615. The van der Waals surface area contributed by atoms with E-state index in [2.05, 4.69) is 41.4 Å². The Balaban J connectivity index is 1.97. The van der Waals surface area contributed by atoms with Gasteiger partial charge >= 0.3 is 0 Å². The number of oxazole rings is 1. The van der Waals surface area contributed by atoms with E-state index in [0.717, 1.165) is 17.1 Å². The van der Waals surface area contributed by atoms with Crippen LogP contribution in [-0.4, -0.2) is 25.5 Å². The van der Waals surface area contributed by atoms with Crippen LogP contribution in [-0.2, 0) is 13.1 Å². The predicted octanol–water partition coefficient (Wildman–Crippen LogP) is 1.82. The van der Waals surface area contributed by atoms with Gasteiger partial charge < -0.3 is 9.73 Å². The number of nitrogens with one attached hydrogen (secondary N) is 1. The Bertz CT molecular complexity index is 530. The third-order valence-corrected chi connectivity index (χ3v) is 2.76. The Hall–Kier alpha value is -1.69. The molecule has 0 fully saturated rings. The van der Waals surface area contributed by atoms with Crippen LogP contribution in [0.2, 0.25) is 0 Å². The molecule has 0 saturated heterocycles. The predicted molar refractivity (Wildman–Crippen MR) is 71.7 cm³/mol. The van der Waals surface area contributed by atoms with Crippen molar-refractivity contribution in [3.8, 4) is 0 Å². The van der Waals surface area contributed by atoms with Crippen LogP contribution in [0.25, 0.3) is 0 Å². The third-order valence-electron chi connectivity index (χ3n) is 2.76. The van der Waals surface area contributed by atoms with Crippen LogP contribution in [0, 0.1) is 13.8 Å². The highest BCUT2D eigenvalue weighted by molar-refractivity contribution is 5.05. The SMILES string of the molecule is Cc1nc(Cn2cc(CNC(C)(C)C)nn2)oc1C. The Morgan fingerprint density at radius 1 is 1.32 bits per heavy atom. The molecule has 19 heavy (non-hydrogen) atoms. The summed E-state index contributed by atoms with van der Waals surface area (Å²) < 4.78 is 7.27. The van der Waals surface area contributed by atoms with Gasteiger partial charge in [0.1, 0.15) is 12.3 Å². The van der Waals surface area contributed by atoms with Crippen molar-refractivity contribution in [2.75, 3.05) is 0 Å². The van der Waals surface area contributed by atoms with E-state index in [1.54, 1.807) is 4.68 Å². The van der Waals surface area contributed by atoms with Crippen molar-refractivity contribution >= 4 is 0 Å². The normalized spacial score (nSPS) is 12.1. The van der Waals surface area contributed by atoms with Crippen LogP contribution in [0.5, 0.6) is 0 Å². The first-order valence-corrected chi connectivity index (χ1v) is 6.40. The van der Waals surface area contributed by atoms with E-state index in [1.165, 1.54) is 0 Å². The Kier molecular flexibility index (Phi) is 3.71. The van der Waals surface area contributed by atoms with E-state index in [1.807, 2.05) is 20.0 Å². The second-order valence-electron chi connectivity index (χ2n) is 5.76. The van der Waals surface area contributed by atoms with E-state index < -0.39 is 0 Å². The van der Waals surface area contributed by atoms with Gasteiger partial charge in [-0.2, -0.15) is 0 Å². The maximum absolute atomic E-state index is 5.53. The lowest BCUT2D eigenvalue weighted by Crippen LogP contribution is -2.35. The lowest BCUT2D eigenvalue weighted by atomic mass is 10.1. The van der Waals surface area contributed by atoms with Gasteiger partial charge in [0, 0.05) is 12.1 Å². The summed E-state index contributed by atoms with van der Waals surface area (Å²) in [6.07, 6.45) is 1.91. The number of aryl methyl sites for hydroxylation is 2. The average Bonchev–Trinajstić information content (AvgIpc) is 2.84. The molecule has 2 heterocycles. The van der Waals surface area contributed by atoms with E-state index in [0.29, 0.717) is 19.0 Å². The standard InChI is InChI=1S/C13H21N5O/c1-9-10(2)19-12(15-9)8-18-7-11(16-17-18)6-14-13(3,4)5/h7,14H,6,8H2,1-5H3. The minimum Gasteiger partial charge on any atom is -0.444 e. The first kappa shape index (κ1) is 13.7. The molecule has 6 heteroatoms. The van der Waals surface area contributed by atoms with Crippen LogP contribution in [0.4, 0.5) is 0 Å². The molecular weight excluding hydrogens is 242 g/mol. The largest absolute Gasteiger partial charge is 0.444 e. The molecular formula is C13H21N5O. The zero-order valence-corrected chi connectivity index (χ0v) is 12.2. The van der Waals surface area contributed by atoms with Crippen LogP contribution < -0.4 is 5.32 Å². The van der Waals surface area contributed by atoms with Crippen molar-refractivity contribution < 1.29 is 4.42 Å². The molecule has 1 N–H and O–H groups in total. The van der Waals surface area contributed by atoms with Gasteiger partial charge in [-0.1, -0.05) is 5.21 Å². The van der Waals surface area contributed by atoms with Crippen LogP contribution in [0.1, 0.15) is 43.8 Å². The number of hydrogen-bond acceptors (Lipinski definition) is 5. The van der Waals surface area contributed by atoms with Crippen molar-refractivity contribution in [2.24, 2.45) is 0 Å². The first-order valence-electron chi connectivity index (χ1n) is 6.40. The second kappa shape index (κ2) is 5.13. The molecule has 0 saturated carbocycles. The van der Waals surface area contributed by atoms with E-state index in [9.17, 15) is 0 Å². The minimum atomic E-state index is 0.0700. The highest BCUT2D eigenvalue weighted by Gasteiger charge is 2.11. The maximum atomic E-state index is 5.53. The number of rotatable bonds is 4. The summed E-state index contributed by atoms with van der Waals surface area (Å²) in [4.78, 5) is 4.33. The third kappa shape index (κ3) is 3.89. The molecule has 0 unspecified atom stereocenters. The molecule has 0 amide bonds. The van der Waals surface area contributed by atoms with E-state index >= 15 is 0 Å². The molecule has 0 aromatic carbocycles. The smallest absolute Gasteiger partial charge is 0.216 e. The van der Waals surface area contributed by atoms with Crippen LogP contribution >= 0.6 is 0 Å². The summed E-state index contributed by atoms with van der Waals surface area (Å²) in [7, 11) is 0. The fourth-order valence-corrected chi connectivity index (χ4v) is 1.60. The van der Waals surface area contributed by atoms with Gasteiger partial charge in [0.25, 0.3) is 0 Å². The first-order chi connectivity index (χ1) is 8.83. The molecule has 2 aromatic heterocycles. The van der Waals surface area contributed by atoms with Crippen LogP contribution in [0.15, 0.2) is 10.6 Å². The molecule has 0 spiro atoms. The number of nitrogens with zero attached hydrogens (tertiary/aromatic N) is 4. The Morgan fingerprint density at radius 3 is 2.63 bits per heavy atom. The highest BCUT2D eigenvalue weighted by Crippen LogP contribution is 2.09. The van der Waals surface area contributed by atoms with Crippen molar-refractivity contribution in [3.63, 3.8) is 0 Å². The summed E-state index contributed by atoms with van der Waals surface area (Å²) >= 11 is 0. The van der Waals surface area contributed by atoms with Gasteiger partial charge in [0.15, 0.2) is 0 Å². The van der Waals surface area contributed by atoms with Crippen molar-refractivity contribution in [1.29, 1.82) is 0 Å². The van der Waals surface area contributed by atoms with Gasteiger partial charge in [-0.3, -0.25) is 0 Å². The topological polar surface area (TPSA) is 68.8 Å². The fourth-order valence-electron chi connectivity index (χ4n) is 1.60. The zero-order chi connectivity index (χ0) is 14.0. The van der Waals surface area contributed by atoms with Gasteiger partial charge in [-0.05, 0) is 34.6 Å². The van der Waals surface area contributed by atoms with Crippen LogP contribution in [0.3, 0.4) is 0 Å². The molecule has 0 aliphatic carbocycles. The maximum Gasteiger partial charge on any atom is 0.216 e. The summed E-state index contributed by atoms with van der Waals surface area (Å²) in [5, 5.41) is 11.6. The minimum absolute atomic E-state index is 0.0700. The molecule has 0 aliphatic heterocycles. The molecule has 2 rings (SSSR count). The lowest BCUT2D eigenvalue weighted by Gasteiger charge is -2.19. The average molecular weight is 263 g/mol. The molecule has 0 aliphatic rings. The Morgan fingerprint density at radius 2 is 2.05 bits per heavy atom. The van der Waals surface area contributed by atoms with Gasteiger partial charge in [0.05, 0.1) is 17.6 Å². The summed E-state index contributed by atoms with van der Waals surface area (Å²) in [6, 6.07) is 0. The van der Waals surface area contributed by atoms with Crippen molar-refractivity contribution in [3.05, 3.63) is 29.2 Å². The molecule has 0 atom stereocenters. The van der Waals surface area contributed by atoms with Crippen molar-refractivity contribution in [2.45, 2.75) is 53.2 Å². The molecule has 0 radical (unpaired) electrons. The zero-order valence-electron chi connectivity index (χ0n) is 12.2. The van der Waals surface area contributed by atoms with Gasteiger partial charge in [-0.25, -0.2) is 9.67 Å². The quantitative estimate of drug-likeness (QED) is 0.911. The molecule has 0 bridgehead atoms. The van der Waals surface area contributed by atoms with E-state index in [4.69, 9.17) is 4.42 Å². The molecule has 6 nitrogen and oxygen atoms in total. The van der Waals surface area contributed by atoms with Crippen molar-refractivity contribution in [1.82, 2.24) is 25.3 Å². The van der Waals surface area contributed by atoms with Gasteiger partial charge in [-0.15, -0.1) is 5.10 Å². The highest BCUT2D eigenvalue weighted by atomic mass is 16.4. The number of aromatic nitrogens is 4. The van der Waals surface area contributed by atoms with Gasteiger partial charge in [0.2, 0.25) is 5.89 Å². The summed E-state index contributed by atoms with van der Waals surface area (Å²) in [5.74, 6) is 1.51. The summed E-state index contributed by atoms with van der Waals surface area (Å²) in [6.45, 7) is 11.4. The lowest BCUT2D eigenvalue weighted by molar-refractivity contribution is 0.421.